The Balaban J connectivity index is 1.11. The summed E-state index contributed by atoms with van der Waals surface area (Å²) >= 11 is 1.64. The van der Waals surface area contributed by atoms with Gasteiger partial charge in [-0.15, -0.1) is 16.4 Å². The third-order valence-corrected chi connectivity index (χ3v) is 16.3. The second kappa shape index (κ2) is 19.9. The van der Waals surface area contributed by atoms with E-state index in [1.807, 2.05) is 30.0 Å². The summed E-state index contributed by atoms with van der Waals surface area (Å²) < 4.78 is 52.6. The van der Waals surface area contributed by atoms with Crippen molar-refractivity contribution in [1.29, 1.82) is 0 Å². The SMILES string of the molecule is CC[C@H]1CCC[C@H](O[C@H]2CC[C@H](N(C)C)C(C)O2)[C@@H](C)C(=O)C2=C[C@@H]3[C@@H](C[C@@H](n4cc(-c5cccs5)nn4)[C@@H]4C[C@@H](O[C@@H]5OC(C)[C@H](OC)C(OC)[C@@H]5OC)C[C@@H]34)[C@@H]2CC(=O)O1. The molecule has 62 heavy (non-hydrogen) atoms. The lowest BCUT2D eigenvalue weighted by Crippen LogP contribution is -2.59. The molecule has 3 aliphatic heterocycles. The Morgan fingerprint density at radius 2 is 1.66 bits per heavy atom. The molecule has 0 amide bonds. The fourth-order valence-electron chi connectivity index (χ4n) is 12.2. The van der Waals surface area contributed by atoms with E-state index < -0.39 is 18.3 Å². The predicted octanol–water partition coefficient (Wildman–Crippen LogP) is 6.88. The van der Waals surface area contributed by atoms with Crippen LogP contribution in [0.3, 0.4) is 0 Å². The van der Waals surface area contributed by atoms with E-state index in [1.54, 1.807) is 32.7 Å². The average molecular weight is 883 g/mol. The summed E-state index contributed by atoms with van der Waals surface area (Å²) in [5.41, 5.74) is 1.58. The molecule has 0 radical (unpaired) electrons. The largest absolute Gasteiger partial charge is 0.462 e. The first-order valence-corrected chi connectivity index (χ1v) is 24.1. The molecule has 2 aromatic heterocycles. The Labute approximate surface area is 371 Å². The first-order chi connectivity index (χ1) is 29.9. The molecule has 344 valence electrons. The van der Waals surface area contributed by atoms with Crippen LogP contribution in [0.1, 0.15) is 97.9 Å². The summed E-state index contributed by atoms with van der Waals surface area (Å²) in [6.07, 6.45) is 8.23. The summed E-state index contributed by atoms with van der Waals surface area (Å²) in [5, 5.41) is 11.5. The van der Waals surface area contributed by atoms with Gasteiger partial charge in [0.15, 0.2) is 18.4 Å². The number of allylic oxidation sites excluding steroid dienone is 2. The zero-order valence-corrected chi connectivity index (χ0v) is 38.9. The highest BCUT2D eigenvalue weighted by Crippen LogP contribution is 2.60. The summed E-state index contributed by atoms with van der Waals surface area (Å²) in [6, 6.07) is 4.38. The Morgan fingerprint density at radius 1 is 0.887 bits per heavy atom. The number of hydrogen-bond donors (Lipinski definition) is 0. The number of nitrogens with zero attached hydrogens (tertiary/aromatic N) is 4. The number of carbonyl (C=O) groups excluding carboxylic acids is 2. The van der Waals surface area contributed by atoms with Crippen molar-refractivity contribution < 1.29 is 47.5 Å². The van der Waals surface area contributed by atoms with Crippen molar-refractivity contribution in [2.24, 2.45) is 35.5 Å². The fraction of sp³-hybridized carbons (Fsp3) is 0.787. The molecule has 3 aliphatic carbocycles. The molecule has 8 rings (SSSR count). The molecular formula is C47H70N4O10S. The third-order valence-electron chi connectivity index (χ3n) is 15.4. The predicted molar refractivity (Wildman–Crippen MR) is 232 cm³/mol. The summed E-state index contributed by atoms with van der Waals surface area (Å²) in [5.74, 6) is -0.497. The van der Waals surface area contributed by atoms with Crippen molar-refractivity contribution in [3.63, 3.8) is 0 Å². The number of ketones is 1. The van der Waals surface area contributed by atoms with Gasteiger partial charge in [0.25, 0.3) is 0 Å². The monoisotopic (exact) mass is 882 g/mol. The third kappa shape index (κ3) is 9.26. The van der Waals surface area contributed by atoms with Gasteiger partial charge in [-0.3, -0.25) is 9.59 Å². The van der Waals surface area contributed by atoms with Gasteiger partial charge < -0.3 is 42.8 Å². The number of thiophene rings is 1. The number of fused-ring (bicyclic) bond motifs is 5. The first-order valence-electron chi connectivity index (χ1n) is 23.2. The Bertz CT molecular complexity index is 1840. The Morgan fingerprint density at radius 3 is 2.35 bits per heavy atom. The van der Waals surface area contributed by atoms with Crippen molar-refractivity contribution in [2.75, 3.05) is 35.4 Å². The van der Waals surface area contributed by atoms with Crippen LogP contribution in [0.4, 0.5) is 0 Å². The maximum atomic E-state index is 15.1. The summed E-state index contributed by atoms with van der Waals surface area (Å²) in [7, 11) is 9.16. The van der Waals surface area contributed by atoms with Crippen molar-refractivity contribution in [3.05, 3.63) is 35.4 Å². The summed E-state index contributed by atoms with van der Waals surface area (Å²) in [6.45, 7) is 8.18. The number of methoxy groups -OCH3 is 3. The van der Waals surface area contributed by atoms with Gasteiger partial charge in [0, 0.05) is 39.2 Å². The number of hydrogen-bond acceptors (Lipinski definition) is 14. The number of likely N-dealkylation sites (N-methyl/N-ethyl adjacent to an activating group) is 1. The van der Waals surface area contributed by atoms with Gasteiger partial charge in [-0.05, 0) is 126 Å². The highest BCUT2D eigenvalue weighted by Gasteiger charge is 2.57. The number of ether oxygens (including phenoxy) is 8. The maximum Gasteiger partial charge on any atom is 0.306 e. The minimum absolute atomic E-state index is 0.0126. The molecular weight excluding hydrogens is 813 g/mol. The minimum Gasteiger partial charge on any atom is -0.462 e. The lowest BCUT2D eigenvalue weighted by molar-refractivity contribution is -0.314. The number of carbonyl (C=O) groups is 2. The van der Waals surface area contributed by atoms with Gasteiger partial charge in [0.05, 0.1) is 48.0 Å². The molecule has 18 atom stereocenters. The van der Waals surface area contributed by atoms with Crippen molar-refractivity contribution in [1.82, 2.24) is 19.9 Å². The van der Waals surface area contributed by atoms with Gasteiger partial charge in [-0.1, -0.05) is 31.2 Å². The molecule has 0 aromatic carbocycles. The lowest BCUT2D eigenvalue weighted by atomic mass is 9.64. The maximum absolute atomic E-state index is 15.1. The molecule has 2 aromatic rings. The van der Waals surface area contributed by atoms with Crippen LogP contribution in [0.25, 0.3) is 10.6 Å². The van der Waals surface area contributed by atoms with Crippen LogP contribution in [0.15, 0.2) is 35.4 Å². The lowest BCUT2D eigenvalue weighted by Gasteiger charge is -2.44. The molecule has 6 aliphatic rings. The minimum atomic E-state index is -0.662. The highest BCUT2D eigenvalue weighted by molar-refractivity contribution is 7.13. The molecule has 0 N–H and O–H groups in total. The zero-order valence-electron chi connectivity index (χ0n) is 38.1. The van der Waals surface area contributed by atoms with Gasteiger partial charge in [-0.2, -0.15) is 0 Å². The normalized spacial score (nSPS) is 41.7. The number of aromatic nitrogens is 3. The highest BCUT2D eigenvalue weighted by atomic mass is 32.1. The number of rotatable bonds is 11. The number of cyclic esters (lactones) is 1. The van der Waals surface area contributed by atoms with E-state index in [-0.39, 0.29) is 103 Å². The quantitative estimate of drug-likeness (QED) is 0.217. The van der Waals surface area contributed by atoms with Gasteiger partial charge >= 0.3 is 5.97 Å². The number of esters is 1. The average Bonchev–Trinajstić information content (AvgIpc) is 4.09. The van der Waals surface area contributed by atoms with Crippen molar-refractivity contribution in [2.45, 2.75) is 165 Å². The Kier molecular flexibility index (Phi) is 14.7. The van der Waals surface area contributed by atoms with Crippen LogP contribution in [0.5, 0.6) is 0 Å². The van der Waals surface area contributed by atoms with Crippen molar-refractivity contribution >= 4 is 23.1 Å². The molecule has 5 fully saturated rings. The van der Waals surface area contributed by atoms with Crippen LogP contribution in [-0.4, -0.2) is 135 Å². The van der Waals surface area contributed by atoms with E-state index in [9.17, 15) is 4.79 Å². The summed E-state index contributed by atoms with van der Waals surface area (Å²) in [4.78, 5) is 32.4. The smallest absolute Gasteiger partial charge is 0.306 e. The van der Waals surface area contributed by atoms with E-state index in [2.05, 4.69) is 56.3 Å². The molecule has 14 nitrogen and oxygen atoms in total. The Hall–Kier alpha value is -2.60. The van der Waals surface area contributed by atoms with E-state index in [4.69, 9.17) is 43.1 Å². The van der Waals surface area contributed by atoms with Crippen LogP contribution in [0, 0.1) is 35.5 Å². The van der Waals surface area contributed by atoms with Gasteiger partial charge in [0.2, 0.25) is 0 Å². The van der Waals surface area contributed by atoms with E-state index in [0.29, 0.717) is 12.5 Å². The van der Waals surface area contributed by atoms with E-state index in [0.717, 1.165) is 67.5 Å². The van der Waals surface area contributed by atoms with Crippen LogP contribution >= 0.6 is 11.3 Å². The number of Topliss-reactive ketones (excluding diaryl/α,β-unsaturated/α-hetero) is 1. The first kappa shape index (κ1) is 45.9. The standard InChI is InChI=1S/C47H70N4O10S/c1-10-28-13-11-14-39(61-42-17-16-37(50(5)6)26(3)57-42)25(2)43(53)35-21-31-30-19-29(60-47-46(56-9)45(55-8)44(54-7)27(4)58-47)20-34(30)38(22-32(31)33(35)23-41(52)59-28)51-24-36(48-49-51)40-15-12-18-62-40/h12,15,18,21,24-34,37-39,42,44-47H,10-11,13-14,16-17,19-20,22-23H2,1-9H3/t25-,26?,27?,28+,29+,30+,31+,32-,33+,34-,37+,38-,39+,42+,44+,45?,46+,47+/m1/s1. The molecule has 5 heterocycles. The van der Waals surface area contributed by atoms with Crippen LogP contribution in [0.2, 0.25) is 0 Å². The van der Waals surface area contributed by atoms with Crippen molar-refractivity contribution in [3.8, 4) is 10.6 Å². The molecule has 3 saturated heterocycles. The molecule has 0 spiro atoms. The topological polar surface area (TPSA) is 142 Å². The van der Waals surface area contributed by atoms with Gasteiger partial charge in [-0.25, -0.2) is 4.68 Å². The second-order valence-corrected chi connectivity index (χ2v) is 20.0. The fourth-order valence-corrected chi connectivity index (χ4v) is 12.9. The van der Waals surface area contributed by atoms with Crippen LogP contribution in [-0.2, 0) is 47.5 Å². The molecule has 3 unspecified atom stereocenters. The molecule has 0 bridgehead atoms. The van der Waals surface area contributed by atoms with E-state index in [1.165, 1.54) is 0 Å². The second-order valence-electron chi connectivity index (χ2n) is 19.1. The zero-order chi connectivity index (χ0) is 43.8. The van der Waals surface area contributed by atoms with Gasteiger partial charge in [0.1, 0.15) is 30.1 Å². The molecule has 15 heteroatoms. The van der Waals surface area contributed by atoms with E-state index >= 15 is 4.79 Å². The molecule has 2 saturated carbocycles. The van der Waals surface area contributed by atoms with Crippen LogP contribution < -0.4 is 0 Å².